The van der Waals surface area contributed by atoms with Gasteiger partial charge in [-0.1, -0.05) is 0 Å². The minimum Gasteiger partial charge on any atom is -0.466 e. The predicted molar refractivity (Wildman–Crippen MR) is 47.0 cm³/mol. The summed E-state index contributed by atoms with van der Waals surface area (Å²) in [6, 6.07) is 0. The zero-order valence-electron chi connectivity index (χ0n) is 7.66. The molecule has 72 valence electrons. The summed E-state index contributed by atoms with van der Waals surface area (Å²) in [4.78, 5) is 23.5. The zero-order valence-corrected chi connectivity index (χ0v) is 7.66. The van der Waals surface area contributed by atoms with E-state index in [4.69, 9.17) is 0 Å². The molecule has 0 radical (unpaired) electrons. The van der Waals surface area contributed by atoms with E-state index in [1.54, 1.807) is 6.20 Å². The molecule has 0 aliphatic carbocycles. The molecule has 0 aromatic carbocycles. The first-order valence-corrected chi connectivity index (χ1v) is 4.24. The highest BCUT2D eigenvalue weighted by Crippen LogP contribution is 2.05. The first-order chi connectivity index (χ1) is 6.22. The molecule has 1 saturated heterocycles. The summed E-state index contributed by atoms with van der Waals surface area (Å²) < 4.78 is 4.44. The fourth-order valence-corrected chi connectivity index (χ4v) is 1.16. The van der Waals surface area contributed by atoms with Gasteiger partial charge >= 0.3 is 5.97 Å². The first kappa shape index (κ1) is 9.77. The topological polar surface area (TPSA) is 46.6 Å². The van der Waals surface area contributed by atoms with Crippen LogP contribution < -0.4 is 0 Å². The lowest BCUT2D eigenvalue weighted by Gasteiger charge is -2.23. The van der Waals surface area contributed by atoms with Gasteiger partial charge in [0, 0.05) is 38.2 Å². The Bertz CT molecular complexity index is 225. The second-order valence-corrected chi connectivity index (χ2v) is 2.91. The lowest BCUT2D eigenvalue weighted by Crippen LogP contribution is -2.29. The normalized spacial score (nSPS) is 17.9. The van der Waals surface area contributed by atoms with E-state index in [1.807, 2.05) is 4.90 Å². The number of esters is 1. The maximum atomic E-state index is 10.9. The summed E-state index contributed by atoms with van der Waals surface area (Å²) in [6.45, 7) is 1.40. The summed E-state index contributed by atoms with van der Waals surface area (Å²) in [7, 11) is 1.34. The van der Waals surface area contributed by atoms with Crippen LogP contribution in [0.25, 0.3) is 0 Å². The highest BCUT2D eigenvalue weighted by molar-refractivity contribution is 5.82. The Morgan fingerprint density at radius 3 is 2.62 bits per heavy atom. The van der Waals surface area contributed by atoms with E-state index >= 15 is 0 Å². The predicted octanol–water partition coefficient (Wildman–Crippen LogP) is 0.338. The Morgan fingerprint density at radius 2 is 2.08 bits per heavy atom. The number of ketones is 1. The van der Waals surface area contributed by atoms with Crippen molar-refractivity contribution in [1.29, 1.82) is 0 Å². The molecule has 1 fully saturated rings. The fraction of sp³-hybridized carbons (Fsp3) is 0.556. The van der Waals surface area contributed by atoms with Crippen molar-refractivity contribution in [3.8, 4) is 0 Å². The molecule has 1 aliphatic rings. The van der Waals surface area contributed by atoms with Gasteiger partial charge in [-0.15, -0.1) is 0 Å². The molecule has 1 heterocycles. The maximum absolute atomic E-state index is 10.9. The van der Waals surface area contributed by atoms with Gasteiger partial charge in [0.1, 0.15) is 5.78 Å². The molecule has 0 saturated carbocycles. The van der Waals surface area contributed by atoms with Crippen LogP contribution in [0.5, 0.6) is 0 Å². The number of carbonyl (C=O) groups is 2. The van der Waals surface area contributed by atoms with E-state index in [1.165, 1.54) is 13.2 Å². The zero-order chi connectivity index (χ0) is 9.68. The SMILES string of the molecule is COC(=O)C=CN1CCC(=O)CC1. The Kier molecular flexibility index (Phi) is 3.49. The van der Waals surface area contributed by atoms with Gasteiger partial charge in [0.15, 0.2) is 0 Å². The third-order valence-corrected chi connectivity index (χ3v) is 1.98. The van der Waals surface area contributed by atoms with Crippen molar-refractivity contribution >= 4 is 11.8 Å². The second kappa shape index (κ2) is 4.64. The Morgan fingerprint density at radius 1 is 1.46 bits per heavy atom. The number of likely N-dealkylation sites (tertiary alicyclic amines) is 1. The van der Waals surface area contributed by atoms with Crippen molar-refractivity contribution in [1.82, 2.24) is 4.90 Å². The van der Waals surface area contributed by atoms with Crippen LogP contribution >= 0.6 is 0 Å². The molecule has 0 aromatic heterocycles. The number of ether oxygens (including phenoxy) is 1. The minimum absolute atomic E-state index is 0.294. The average Bonchev–Trinajstić information content (AvgIpc) is 2.16. The third kappa shape index (κ3) is 3.27. The lowest BCUT2D eigenvalue weighted by molar-refractivity contribution is -0.134. The van der Waals surface area contributed by atoms with Crippen LogP contribution in [0.4, 0.5) is 0 Å². The van der Waals surface area contributed by atoms with Gasteiger partial charge in [0.05, 0.1) is 7.11 Å². The number of hydrogen-bond acceptors (Lipinski definition) is 4. The Balaban J connectivity index is 2.33. The molecule has 0 aromatic rings. The van der Waals surface area contributed by atoms with Gasteiger partial charge in [0.2, 0.25) is 0 Å². The van der Waals surface area contributed by atoms with E-state index < -0.39 is 0 Å². The maximum Gasteiger partial charge on any atom is 0.331 e. The van der Waals surface area contributed by atoms with Crippen LogP contribution in [0.15, 0.2) is 12.3 Å². The molecule has 1 aliphatic heterocycles. The Hall–Kier alpha value is -1.32. The minimum atomic E-state index is -0.364. The molecule has 0 amide bonds. The van der Waals surface area contributed by atoms with Gasteiger partial charge < -0.3 is 9.64 Å². The molecule has 4 nitrogen and oxygen atoms in total. The van der Waals surface area contributed by atoms with Crippen molar-refractivity contribution in [2.75, 3.05) is 20.2 Å². The summed E-state index contributed by atoms with van der Waals surface area (Å²) >= 11 is 0. The van der Waals surface area contributed by atoms with Crippen LogP contribution in [0.2, 0.25) is 0 Å². The van der Waals surface area contributed by atoms with E-state index in [0.717, 1.165) is 0 Å². The van der Waals surface area contributed by atoms with E-state index in [2.05, 4.69) is 4.74 Å². The van der Waals surface area contributed by atoms with Crippen LogP contribution in [0.3, 0.4) is 0 Å². The number of piperidine rings is 1. The lowest BCUT2D eigenvalue weighted by atomic mass is 10.1. The van der Waals surface area contributed by atoms with Crippen LogP contribution in [0.1, 0.15) is 12.8 Å². The first-order valence-electron chi connectivity index (χ1n) is 4.24. The van der Waals surface area contributed by atoms with Crippen molar-refractivity contribution in [3.63, 3.8) is 0 Å². The number of carbonyl (C=O) groups excluding carboxylic acids is 2. The van der Waals surface area contributed by atoms with Gasteiger partial charge in [0.25, 0.3) is 0 Å². The summed E-state index contributed by atoms with van der Waals surface area (Å²) in [5, 5.41) is 0. The van der Waals surface area contributed by atoms with Crippen molar-refractivity contribution in [3.05, 3.63) is 12.3 Å². The number of hydrogen-bond donors (Lipinski definition) is 0. The van der Waals surface area contributed by atoms with E-state index in [0.29, 0.717) is 31.7 Å². The number of rotatable bonds is 2. The van der Waals surface area contributed by atoms with Crippen molar-refractivity contribution in [2.24, 2.45) is 0 Å². The molecule has 13 heavy (non-hydrogen) atoms. The van der Waals surface area contributed by atoms with Crippen LogP contribution in [-0.2, 0) is 14.3 Å². The molecule has 4 heteroatoms. The molecule has 0 spiro atoms. The van der Waals surface area contributed by atoms with E-state index in [-0.39, 0.29) is 5.97 Å². The molecule has 0 bridgehead atoms. The smallest absolute Gasteiger partial charge is 0.331 e. The fourth-order valence-electron chi connectivity index (χ4n) is 1.16. The van der Waals surface area contributed by atoms with Gasteiger partial charge in [-0.3, -0.25) is 4.79 Å². The molecule has 0 unspecified atom stereocenters. The molecule has 0 atom stereocenters. The standard InChI is InChI=1S/C9H13NO3/c1-13-9(12)4-7-10-5-2-8(11)3-6-10/h4,7H,2-3,5-6H2,1H3. The van der Waals surface area contributed by atoms with Crippen LogP contribution in [0, 0.1) is 0 Å². The molecule has 1 rings (SSSR count). The molecular formula is C9H13NO3. The number of nitrogens with zero attached hydrogens (tertiary/aromatic N) is 1. The number of methoxy groups -OCH3 is 1. The second-order valence-electron chi connectivity index (χ2n) is 2.91. The quantitative estimate of drug-likeness (QED) is 0.457. The van der Waals surface area contributed by atoms with Gasteiger partial charge in [-0.25, -0.2) is 4.79 Å². The van der Waals surface area contributed by atoms with Crippen LogP contribution in [-0.4, -0.2) is 36.9 Å². The van der Waals surface area contributed by atoms with Crippen molar-refractivity contribution in [2.45, 2.75) is 12.8 Å². The monoisotopic (exact) mass is 183 g/mol. The average molecular weight is 183 g/mol. The summed E-state index contributed by atoms with van der Waals surface area (Å²) in [6.07, 6.45) is 4.20. The molecule has 0 N–H and O–H groups in total. The number of Topliss-reactive ketones (excluding diaryl/α,β-unsaturated/α-hetero) is 1. The third-order valence-electron chi connectivity index (χ3n) is 1.98. The van der Waals surface area contributed by atoms with Gasteiger partial charge in [-0.05, 0) is 0 Å². The Labute approximate surface area is 77.2 Å². The van der Waals surface area contributed by atoms with Gasteiger partial charge in [-0.2, -0.15) is 0 Å². The largest absolute Gasteiger partial charge is 0.466 e. The highest BCUT2D eigenvalue weighted by Gasteiger charge is 2.12. The van der Waals surface area contributed by atoms with E-state index in [9.17, 15) is 9.59 Å². The summed E-state index contributed by atoms with van der Waals surface area (Å²) in [5.41, 5.74) is 0. The van der Waals surface area contributed by atoms with Crippen molar-refractivity contribution < 1.29 is 14.3 Å². The highest BCUT2D eigenvalue weighted by atomic mass is 16.5. The summed E-state index contributed by atoms with van der Waals surface area (Å²) in [5.74, 6) is -0.0698. The molecular weight excluding hydrogens is 170 g/mol.